The first kappa shape index (κ1) is 12.6. The molecule has 0 amide bonds. The fourth-order valence-corrected chi connectivity index (χ4v) is 1.50. The molecule has 1 N–H and O–H groups in total. The maximum Gasteiger partial charge on any atom is 0.307 e. The van der Waals surface area contributed by atoms with Crippen molar-refractivity contribution < 1.29 is 9.53 Å². The molecule has 1 aromatic carbocycles. The number of hydrogen-bond donors (Lipinski definition) is 1. The predicted octanol–water partition coefficient (Wildman–Crippen LogP) is 2.67. The summed E-state index contributed by atoms with van der Waals surface area (Å²) in [6.45, 7) is 6.12. The predicted molar refractivity (Wildman–Crippen MR) is 65.6 cm³/mol. The third-order valence-electron chi connectivity index (χ3n) is 2.62. The van der Waals surface area contributed by atoms with E-state index >= 15 is 0 Å². The molecule has 1 unspecified atom stereocenters. The summed E-state index contributed by atoms with van der Waals surface area (Å²) in [5, 5.41) is 3.27. The molecule has 0 fully saturated rings. The molecule has 0 aromatic heterocycles. The number of benzene rings is 1. The summed E-state index contributed by atoms with van der Waals surface area (Å²) in [5.74, 6) is -0.191. The van der Waals surface area contributed by atoms with Gasteiger partial charge in [-0.05, 0) is 44.0 Å². The van der Waals surface area contributed by atoms with Gasteiger partial charge in [-0.2, -0.15) is 0 Å². The number of hydrogen-bond acceptors (Lipinski definition) is 3. The van der Waals surface area contributed by atoms with Crippen molar-refractivity contribution in [3.05, 3.63) is 29.3 Å². The summed E-state index contributed by atoms with van der Waals surface area (Å²) in [4.78, 5) is 11.1. The van der Waals surface area contributed by atoms with Gasteiger partial charge in [0.2, 0.25) is 0 Å². The van der Waals surface area contributed by atoms with Crippen LogP contribution in [0.1, 0.15) is 24.5 Å². The van der Waals surface area contributed by atoms with Crippen LogP contribution in [0.3, 0.4) is 0 Å². The summed E-state index contributed by atoms with van der Waals surface area (Å²) in [5.41, 5.74) is 3.56. The number of carbonyl (C=O) groups excluding carboxylic acids is 1. The SMILES string of the molecule is COC(=O)CC(C)Nc1ccc(C)c(C)c1. The van der Waals surface area contributed by atoms with E-state index in [1.54, 1.807) is 0 Å². The minimum absolute atomic E-state index is 0.0783. The third kappa shape index (κ3) is 3.57. The van der Waals surface area contributed by atoms with Gasteiger partial charge in [0.25, 0.3) is 0 Å². The fraction of sp³-hybridized carbons (Fsp3) is 0.462. The lowest BCUT2D eigenvalue weighted by Gasteiger charge is -2.15. The molecule has 1 aromatic rings. The van der Waals surface area contributed by atoms with Crippen molar-refractivity contribution in [3.8, 4) is 0 Å². The van der Waals surface area contributed by atoms with Crippen molar-refractivity contribution in [3.63, 3.8) is 0 Å². The Bertz CT molecular complexity index is 374. The van der Waals surface area contributed by atoms with Gasteiger partial charge in [-0.15, -0.1) is 0 Å². The molecule has 16 heavy (non-hydrogen) atoms. The van der Waals surface area contributed by atoms with Crippen molar-refractivity contribution in [2.75, 3.05) is 12.4 Å². The minimum atomic E-state index is -0.191. The monoisotopic (exact) mass is 221 g/mol. The molecule has 0 spiro atoms. The average molecular weight is 221 g/mol. The van der Waals surface area contributed by atoms with Gasteiger partial charge in [-0.1, -0.05) is 6.07 Å². The van der Waals surface area contributed by atoms with E-state index in [4.69, 9.17) is 0 Å². The molecule has 0 bridgehead atoms. The van der Waals surface area contributed by atoms with Gasteiger partial charge in [0.05, 0.1) is 13.5 Å². The van der Waals surface area contributed by atoms with Gasteiger partial charge in [0.1, 0.15) is 0 Å². The molecule has 1 atom stereocenters. The number of carbonyl (C=O) groups is 1. The fourth-order valence-electron chi connectivity index (χ4n) is 1.50. The molecule has 0 aliphatic heterocycles. The first-order valence-electron chi connectivity index (χ1n) is 5.43. The molecule has 1 rings (SSSR count). The zero-order valence-corrected chi connectivity index (χ0v) is 10.3. The van der Waals surface area contributed by atoms with Crippen molar-refractivity contribution >= 4 is 11.7 Å². The zero-order chi connectivity index (χ0) is 12.1. The Labute approximate surface area is 96.8 Å². The Hall–Kier alpha value is -1.51. The second kappa shape index (κ2) is 5.54. The molecule has 0 heterocycles. The lowest BCUT2D eigenvalue weighted by Crippen LogP contribution is -2.20. The molecule has 0 radical (unpaired) electrons. The van der Waals surface area contributed by atoms with Crippen molar-refractivity contribution in [1.29, 1.82) is 0 Å². The molecule has 3 heteroatoms. The highest BCUT2D eigenvalue weighted by Gasteiger charge is 2.08. The van der Waals surface area contributed by atoms with Crippen LogP contribution < -0.4 is 5.32 Å². The maximum atomic E-state index is 11.1. The maximum absolute atomic E-state index is 11.1. The molecule has 0 saturated carbocycles. The summed E-state index contributed by atoms with van der Waals surface area (Å²) in [7, 11) is 1.41. The van der Waals surface area contributed by atoms with Gasteiger partial charge in [0.15, 0.2) is 0 Å². The van der Waals surface area contributed by atoms with E-state index in [1.165, 1.54) is 18.2 Å². The number of nitrogens with one attached hydrogen (secondary N) is 1. The molecule has 0 aliphatic carbocycles. The number of methoxy groups -OCH3 is 1. The highest BCUT2D eigenvalue weighted by Crippen LogP contribution is 2.15. The van der Waals surface area contributed by atoms with E-state index in [0.29, 0.717) is 6.42 Å². The average Bonchev–Trinajstić information content (AvgIpc) is 2.23. The van der Waals surface area contributed by atoms with Crippen LogP contribution >= 0.6 is 0 Å². The van der Waals surface area contributed by atoms with E-state index < -0.39 is 0 Å². The van der Waals surface area contributed by atoms with Crippen LogP contribution in [0.4, 0.5) is 5.69 Å². The van der Waals surface area contributed by atoms with Gasteiger partial charge in [-0.25, -0.2) is 0 Å². The topological polar surface area (TPSA) is 38.3 Å². The standard InChI is InChI=1S/C13H19NO2/c1-9-5-6-12(7-10(9)2)14-11(3)8-13(15)16-4/h5-7,11,14H,8H2,1-4H3. The van der Waals surface area contributed by atoms with E-state index in [2.05, 4.69) is 36.0 Å². The van der Waals surface area contributed by atoms with E-state index in [-0.39, 0.29) is 12.0 Å². The molecular weight excluding hydrogens is 202 g/mol. The Morgan fingerprint density at radius 2 is 2.06 bits per heavy atom. The van der Waals surface area contributed by atoms with Crippen molar-refractivity contribution in [2.24, 2.45) is 0 Å². The van der Waals surface area contributed by atoms with Crippen LogP contribution in [0.25, 0.3) is 0 Å². The van der Waals surface area contributed by atoms with Crippen molar-refractivity contribution in [1.82, 2.24) is 0 Å². The molecule has 3 nitrogen and oxygen atoms in total. The molecular formula is C13H19NO2. The third-order valence-corrected chi connectivity index (χ3v) is 2.62. The van der Waals surface area contributed by atoms with Crippen LogP contribution in [0.2, 0.25) is 0 Å². The Morgan fingerprint density at radius 1 is 1.38 bits per heavy atom. The Balaban J connectivity index is 2.59. The largest absolute Gasteiger partial charge is 0.469 e. The van der Waals surface area contributed by atoms with Gasteiger partial charge in [0, 0.05) is 11.7 Å². The number of rotatable bonds is 4. The van der Waals surface area contributed by atoms with Gasteiger partial charge in [-0.3, -0.25) is 4.79 Å². The van der Waals surface area contributed by atoms with E-state index in [9.17, 15) is 4.79 Å². The normalized spacial score (nSPS) is 12.0. The summed E-state index contributed by atoms with van der Waals surface area (Å²) >= 11 is 0. The molecule has 88 valence electrons. The van der Waals surface area contributed by atoms with Gasteiger partial charge >= 0.3 is 5.97 Å². The van der Waals surface area contributed by atoms with Crippen LogP contribution in [0.15, 0.2) is 18.2 Å². The van der Waals surface area contributed by atoms with E-state index in [1.807, 2.05) is 13.0 Å². The summed E-state index contributed by atoms with van der Waals surface area (Å²) < 4.78 is 4.62. The number of esters is 1. The van der Waals surface area contributed by atoms with Crippen LogP contribution in [-0.2, 0) is 9.53 Å². The second-order valence-corrected chi connectivity index (χ2v) is 4.12. The second-order valence-electron chi connectivity index (χ2n) is 4.12. The number of aryl methyl sites for hydroxylation is 2. The number of anilines is 1. The van der Waals surface area contributed by atoms with E-state index in [0.717, 1.165) is 5.69 Å². The first-order valence-corrected chi connectivity index (χ1v) is 5.43. The zero-order valence-electron chi connectivity index (χ0n) is 10.3. The van der Waals surface area contributed by atoms with Crippen LogP contribution in [0.5, 0.6) is 0 Å². The van der Waals surface area contributed by atoms with Gasteiger partial charge < -0.3 is 10.1 Å². The summed E-state index contributed by atoms with van der Waals surface area (Å²) in [6, 6.07) is 6.26. The Kier molecular flexibility index (Phi) is 4.35. The summed E-state index contributed by atoms with van der Waals surface area (Å²) in [6.07, 6.45) is 0.378. The lowest BCUT2D eigenvalue weighted by atomic mass is 10.1. The minimum Gasteiger partial charge on any atom is -0.469 e. The lowest BCUT2D eigenvalue weighted by molar-refractivity contribution is -0.140. The smallest absolute Gasteiger partial charge is 0.307 e. The molecule has 0 saturated heterocycles. The Morgan fingerprint density at radius 3 is 2.62 bits per heavy atom. The van der Waals surface area contributed by atoms with Crippen molar-refractivity contribution in [2.45, 2.75) is 33.2 Å². The molecule has 0 aliphatic rings. The number of ether oxygens (including phenoxy) is 1. The first-order chi connectivity index (χ1) is 7.52. The van der Waals surface area contributed by atoms with Crippen LogP contribution in [-0.4, -0.2) is 19.1 Å². The van der Waals surface area contributed by atoms with Crippen LogP contribution in [0, 0.1) is 13.8 Å². The highest BCUT2D eigenvalue weighted by atomic mass is 16.5. The quantitative estimate of drug-likeness (QED) is 0.794. The highest BCUT2D eigenvalue weighted by molar-refractivity contribution is 5.70.